The number of carbonyl (C=O) groups excluding carboxylic acids is 1. The molecule has 1 aliphatic heterocycles. The Kier molecular flexibility index (Phi) is 6.03. The van der Waals surface area contributed by atoms with E-state index in [1.807, 2.05) is 20.3 Å². The normalized spacial score (nSPS) is 16.9. The second-order valence-electron chi connectivity index (χ2n) is 4.95. The molecule has 7 heteroatoms. The summed E-state index contributed by atoms with van der Waals surface area (Å²) < 4.78 is 0. The molecule has 0 atom stereocenters. The Hall–Kier alpha value is -0.850. The van der Waals surface area contributed by atoms with Crippen LogP contribution >= 0.6 is 23.7 Å². The van der Waals surface area contributed by atoms with Crippen molar-refractivity contribution in [2.75, 3.05) is 32.9 Å². The summed E-state index contributed by atoms with van der Waals surface area (Å²) in [5.74, 6) is 0.458. The molecule has 1 amide bonds. The van der Waals surface area contributed by atoms with Crippen LogP contribution in [0.25, 0.3) is 0 Å². The van der Waals surface area contributed by atoms with E-state index < -0.39 is 0 Å². The van der Waals surface area contributed by atoms with Gasteiger partial charge in [0.25, 0.3) is 0 Å². The van der Waals surface area contributed by atoms with E-state index in [1.54, 1.807) is 16.2 Å². The minimum Gasteiger partial charge on any atom is -0.375 e. The van der Waals surface area contributed by atoms with Crippen LogP contribution in [-0.4, -0.2) is 47.9 Å². The minimum absolute atomic E-state index is 0. The molecule has 108 valence electrons. The van der Waals surface area contributed by atoms with Crippen LogP contribution in [0.1, 0.15) is 17.7 Å². The number of nitrogens with zero attached hydrogens (tertiary/aromatic N) is 3. The van der Waals surface area contributed by atoms with Gasteiger partial charge in [0.05, 0.1) is 0 Å². The first kappa shape index (κ1) is 16.2. The summed E-state index contributed by atoms with van der Waals surface area (Å²) in [7, 11) is 3.66. The lowest BCUT2D eigenvalue weighted by Crippen LogP contribution is -2.39. The van der Waals surface area contributed by atoms with E-state index in [2.05, 4.69) is 9.88 Å². The summed E-state index contributed by atoms with van der Waals surface area (Å²) >= 11 is 1.54. The summed E-state index contributed by atoms with van der Waals surface area (Å²) in [6, 6.07) is 0. The summed E-state index contributed by atoms with van der Waals surface area (Å²) in [5, 5.41) is 0.627. The quantitative estimate of drug-likeness (QED) is 0.918. The zero-order valence-corrected chi connectivity index (χ0v) is 13.0. The van der Waals surface area contributed by atoms with Crippen LogP contribution in [0.2, 0.25) is 0 Å². The molecular weight excluding hydrogens is 284 g/mol. The Morgan fingerprint density at radius 2 is 2.16 bits per heavy atom. The summed E-state index contributed by atoms with van der Waals surface area (Å²) in [6.45, 7) is 2.85. The monoisotopic (exact) mass is 304 g/mol. The van der Waals surface area contributed by atoms with Gasteiger partial charge < -0.3 is 10.6 Å². The van der Waals surface area contributed by atoms with Crippen LogP contribution in [0.3, 0.4) is 0 Å². The molecule has 0 spiro atoms. The first-order valence-corrected chi connectivity index (χ1v) is 7.01. The van der Waals surface area contributed by atoms with E-state index in [4.69, 9.17) is 5.73 Å². The van der Waals surface area contributed by atoms with Gasteiger partial charge in [0.2, 0.25) is 5.91 Å². The molecule has 0 unspecified atom stereocenters. The number of amides is 1. The van der Waals surface area contributed by atoms with E-state index in [1.165, 1.54) is 4.88 Å². The molecule has 1 saturated heterocycles. The number of thiazole rings is 1. The maximum absolute atomic E-state index is 11.8. The molecular formula is C12H21ClN4OS. The molecule has 2 rings (SSSR count). The molecule has 2 N–H and O–H groups in total. The Morgan fingerprint density at radius 1 is 1.53 bits per heavy atom. The van der Waals surface area contributed by atoms with E-state index in [0.29, 0.717) is 5.13 Å². The SMILES string of the molecule is CN(C)C(=O)C1CCN(Cc2cnc(N)s2)CC1.Cl. The Labute approximate surface area is 124 Å². The third kappa shape index (κ3) is 4.33. The molecule has 0 saturated carbocycles. The highest BCUT2D eigenvalue weighted by Crippen LogP contribution is 2.22. The van der Waals surface area contributed by atoms with Crippen LogP contribution in [0, 0.1) is 5.92 Å². The average molecular weight is 305 g/mol. The highest BCUT2D eigenvalue weighted by molar-refractivity contribution is 7.15. The van der Waals surface area contributed by atoms with E-state index in [-0.39, 0.29) is 24.2 Å². The molecule has 1 aromatic rings. The van der Waals surface area contributed by atoms with Gasteiger partial charge in [-0.15, -0.1) is 23.7 Å². The number of carbonyl (C=O) groups is 1. The Morgan fingerprint density at radius 3 is 2.63 bits per heavy atom. The van der Waals surface area contributed by atoms with Crippen molar-refractivity contribution in [1.82, 2.24) is 14.8 Å². The molecule has 19 heavy (non-hydrogen) atoms. The van der Waals surface area contributed by atoms with E-state index in [0.717, 1.165) is 32.5 Å². The highest BCUT2D eigenvalue weighted by Gasteiger charge is 2.26. The van der Waals surface area contributed by atoms with Crippen molar-refractivity contribution in [2.24, 2.45) is 5.92 Å². The van der Waals surface area contributed by atoms with E-state index >= 15 is 0 Å². The van der Waals surface area contributed by atoms with Gasteiger partial charge in [-0.05, 0) is 25.9 Å². The zero-order valence-electron chi connectivity index (χ0n) is 11.3. The smallest absolute Gasteiger partial charge is 0.225 e. The minimum atomic E-state index is 0. The Balaban J connectivity index is 0.00000180. The molecule has 2 heterocycles. The number of nitrogen functional groups attached to an aromatic ring is 1. The first-order valence-electron chi connectivity index (χ1n) is 6.20. The third-order valence-electron chi connectivity index (χ3n) is 3.33. The molecule has 1 fully saturated rings. The average Bonchev–Trinajstić information content (AvgIpc) is 2.75. The number of hydrogen-bond donors (Lipinski definition) is 1. The van der Waals surface area contributed by atoms with E-state index in [9.17, 15) is 4.79 Å². The number of anilines is 1. The third-order valence-corrected chi connectivity index (χ3v) is 4.14. The second-order valence-corrected chi connectivity index (χ2v) is 6.09. The standard InChI is InChI=1S/C12H20N4OS.ClH/c1-15(2)11(17)9-3-5-16(6-4-9)8-10-7-14-12(13)18-10;/h7,9H,3-6,8H2,1-2H3,(H2,13,14);1H. The Bertz CT molecular complexity index is 416. The number of piperidine rings is 1. The van der Waals surface area contributed by atoms with Crippen molar-refractivity contribution in [3.05, 3.63) is 11.1 Å². The van der Waals surface area contributed by atoms with Crippen LogP contribution in [0.4, 0.5) is 5.13 Å². The fraction of sp³-hybridized carbons (Fsp3) is 0.667. The lowest BCUT2D eigenvalue weighted by molar-refractivity contribution is -0.134. The van der Waals surface area contributed by atoms with Gasteiger partial charge in [0.15, 0.2) is 5.13 Å². The molecule has 0 radical (unpaired) electrons. The molecule has 0 aliphatic carbocycles. The summed E-state index contributed by atoms with van der Waals surface area (Å²) in [5.41, 5.74) is 5.62. The number of halogens is 1. The number of likely N-dealkylation sites (tertiary alicyclic amines) is 1. The van der Waals surface area contributed by atoms with Gasteiger partial charge in [0, 0.05) is 37.6 Å². The van der Waals surface area contributed by atoms with Crippen LogP contribution in [0.15, 0.2) is 6.20 Å². The fourth-order valence-corrected chi connectivity index (χ4v) is 3.05. The van der Waals surface area contributed by atoms with Crippen molar-refractivity contribution in [2.45, 2.75) is 19.4 Å². The number of hydrogen-bond acceptors (Lipinski definition) is 5. The van der Waals surface area contributed by atoms with Gasteiger partial charge >= 0.3 is 0 Å². The van der Waals surface area contributed by atoms with Crippen molar-refractivity contribution in [3.63, 3.8) is 0 Å². The predicted molar refractivity (Wildman–Crippen MR) is 80.5 cm³/mol. The van der Waals surface area contributed by atoms with Crippen LogP contribution in [-0.2, 0) is 11.3 Å². The van der Waals surface area contributed by atoms with Gasteiger partial charge in [-0.1, -0.05) is 0 Å². The lowest BCUT2D eigenvalue weighted by Gasteiger charge is -2.31. The number of aromatic nitrogens is 1. The molecule has 0 bridgehead atoms. The highest BCUT2D eigenvalue weighted by atomic mass is 35.5. The largest absolute Gasteiger partial charge is 0.375 e. The number of nitrogens with two attached hydrogens (primary N) is 1. The maximum Gasteiger partial charge on any atom is 0.225 e. The van der Waals surface area contributed by atoms with Gasteiger partial charge in [-0.25, -0.2) is 4.98 Å². The molecule has 1 aliphatic rings. The van der Waals surface area contributed by atoms with Gasteiger partial charge in [0.1, 0.15) is 0 Å². The van der Waals surface area contributed by atoms with Gasteiger partial charge in [-0.2, -0.15) is 0 Å². The fourth-order valence-electron chi connectivity index (χ4n) is 2.32. The van der Waals surface area contributed by atoms with Crippen molar-refractivity contribution in [1.29, 1.82) is 0 Å². The summed E-state index contributed by atoms with van der Waals surface area (Å²) in [4.78, 5) is 21.2. The first-order chi connectivity index (χ1) is 8.56. The second kappa shape index (κ2) is 7.07. The topological polar surface area (TPSA) is 62.5 Å². The van der Waals surface area contributed by atoms with Crippen LogP contribution in [0.5, 0.6) is 0 Å². The van der Waals surface area contributed by atoms with Gasteiger partial charge in [-0.3, -0.25) is 9.69 Å². The molecule has 1 aromatic heterocycles. The van der Waals surface area contributed by atoms with Crippen molar-refractivity contribution in [3.8, 4) is 0 Å². The summed E-state index contributed by atoms with van der Waals surface area (Å²) in [6.07, 6.45) is 3.74. The molecule has 5 nitrogen and oxygen atoms in total. The molecule has 0 aromatic carbocycles. The maximum atomic E-state index is 11.8. The number of rotatable bonds is 3. The van der Waals surface area contributed by atoms with Crippen LogP contribution < -0.4 is 5.73 Å². The lowest BCUT2D eigenvalue weighted by atomic mass is 9.95. The predicted octanol–water partition coefficient (Wildman–Crippen LogP) is 1.45. The zero-order chi connectivity index (χ0) is 13.1. The van der Waals surface area contributed by atoms with Crippen molar-refractivity contribution < 1.29 is 4.79 Å². The van der Waals surface area contributed by atoms with Crippen molar-refractivity contribution >= 4 is 34.8 Å².